The molecular weight excluding hydrogens is 953 g/mol. The Morgan fingerprint density at radius 2 is 0.808 bits per heavy atom. The summed E-state index contributed by atoms with van der Waals surface area (Å²) in [6.45, 7) is 27.3. The van der Waals surface area contributed by atoms with Gasteiger partial charge in [-0.2, -0.15) is 0 Å². The fraction of sp³-hybridized carbons (Fsp3) is 0.225. The predicted molar refractivity (Wildman–Crippen MR) is 324 cm³/mol. The van der Waals surface area contributed by atoms with Crippen LogP contribution in [0.1, 0.15) is 105 Å². The van der Waals surface area contributed by atoms with Crippen LogP contribution in [0.4, 0.5) is 0 Å². The summed E-state index contributed by atoms with van der Waals surface area (Å²) in [4.78, 5) is 27.3. The van der Waals surface area contributed by atoms with E-state index in [0.717, 1.165) is 94.2 Å². The Hall–Kier alpha value is -8.55. The molecule has 0 saturated carbocycles. The van der Waals surface area contributed by atoms with Gasteiger partial charge in [-0.05, 0) is 117 Å². The standard InChI is InChI=1S/C71H66N6O/c1-68(2,3)48-35-46(36-49(40-48)69(4,5)6)66-74-65(75-67(76-66)47-37-50(70(7,8)9)41-51(38-47)71(10,11)12)45-31-33-59(55(39-45)57-42-56(43-23-15-13-16-24-43)72-64(73-57)44-25-17-14-18-26-44)77-58-29-21-19-28-54(58)62-60(77)34-32-53-52-27-20-22-30-61(52)78-63(53)62/h13-42H,1-12H3. The molecule has 386 valence electrons. The lowest BCUT2D eigenvalue weighted by Crippen LogP contribution is -2.17. The summed E-state index contributed by atoms with van der Waals surface area (Å²) < 4.78 is 9.15. The van der Waals surface area contributed by atoms with Gasteiger partial charge in [0.2, 0.25) is 0 Å². The Kier molecular flexibility index (Phi) is 12.0. The molecule has 0 fully saturated rings. The van der Waals surface area contributed by atoms with Crippen molar-refractivity contribution in [3.8, 4) is 73.8 Å². The number of hydrogen-bond donors (Lipinski definition) is 0. The van der Waals surface area contributed by atoms with Crippen LogP contribution in [-0.2, 0) is 21.7 Å². The van der Waals surface area contributed by atoms with E-state index in [-0.39, 0.29) is 21.7 Å². The van der Waals surface area contributed by atoms with Crippen molar-refractivity contribution in [1.29, 1.82) is 0 Å². The molecule has 0 saturated heterocycles. The molecule has 0 spiro atoms. The van der Waals surface area contributed by atoms with Gasteiger partial charge in [0.25, 0.3) is 0 Å². The number of nitrogens with zero attached hydrogens (tertiary/aromatic N) is 6. The van der Waals surface area contributed by atoms with Gasteiger partial charge >= 0.3 is 0 Å². The SMILES string of the molecule is CC(C)(C)c1cc(-c2nc(-c3cc(C(C)(C)C)cc(C(C)(C)C)c3)nc(-c3ccc(-n4c5ccccc5c5c6oc7ccccc7c6ccc54)c(-c4cc(-c5ccccc5)nc(-c5ccccc5)n4)c3)n2)cc(C(C)(C)C)c1. The highest BCUT2D eigenvalue weighted by Gasteiger charge is 2.27. The second-order valence-corrected chi connectivity index (χ2v) is 25.1. The van der Waals surface area contributed by atoms with Crippen LogP contribution in [0.25, 0.3) is 117 Å². The van der Waals surface area contributed by atoms with Crippen molar-refractivity contribution in [2.75, 3.05) is 0 Å². The number of para-hydroxylation sites is 2. The van der Waals surface area contributed by atoms with Gasteiger partial charge in [0.05, 0.1) is 33.5 Å². The molecule has 12 aromatic rings. The third-order valence-electron chi connectivity index (χ3n) is 15.3. The van der Waals surface area contributed by atoms with E-state index < -0.39 is 0 Å². The monoisotopic (exact) mass is 1020 g/mol. The van der Waals surface area contributed by atoms with Gasteiger partial charge in [0.15, 0.2) is 23.3 Å². The van der Waals surface area contributed by atoms with Crippen LogP contribution in [0.2, 0.25) is 0 Å². The summed E-state index contributed by atoms with van der Waals surface area (Å²) >= 11 is 0. The van der Waals surface area contributed by atoms with Crippen molar-refractivity contribution < 1.29 is 4.42 Å². The van der Waals surface area contributed by atoms with E-state index in [4.69, 9.17) is 29.3 Å². The van der Waals surface area contributed by atoms with Crippen molar-refractivity contribution in [2.45, 2.75) is 105 Å². The summed E-state index contributed by atoms with van der Waals surface area (Å²) in [5, 5.41) is 4.32. The van der Waals surface area contributed by atoms with Crippen molar-refractivity contribution in [3.05, 3.63) is 204 Å². The van der Waals surface area contributed by atoms with Crippen LogP contribution in [0.5, 0.6) is 0 Å². The minimum Gasteiger partial charge on any atom is -0.455 e. The number of furan rings is 1. The topological polar surface area (TPSA) is 82.5 Å². The third-order valence-corrected chi connectivity index (χ3v) is 15.3. The fourth-order valence-electron chi connectivity index (χ4n) is 10.6. The van der Waals surface area contributed by atoms with E-state index in [9.17, 15) is 0 Å². The summed E-state index contributed by atoms with van der Waals surface area (Å²) in [6, 6.07) is 64.5. The normalized spacial score (nSPS) is 12.6. The van der Waals surface area contributed by atoms with Crippen LogP contribution >= 0.6 is 0 Å². The molecule has 0 amide bonds. The molecular formula is C71H66N6O. The molecule has 0 N–H and O–H groups in total. The summed E-state index contributed by atoms with van der Waals surface area (Å²) in [5.74, 6) is 2.42. The Morgan fingerprint density at radius 1 is 0.333 bits per heavy atom. The quantitative estimate of drug-likeness (QED) is 0.158. The van der Waals surface area contributed by atoms with E-state index in [1.165, 1.54) is 22.3 Å². The first-order valence-electron chi connectivity index (χ1n) is 27.2. The van der Waals surface area contributed by atoms with E-state index >= 15 is 0 Å². The maximum absolute atomic E-state index is 6.79. The van der Waals surface area contributed by atoms with Crippen LogP contribution in [0.3, 0.4) is 0 Å². The van der Waals surface area contributed by atoms with Crippen LogP contribution in [0, 0.1) is 0 Å². The third kappa shape index (κ3) is 9.25. The first-order valence-corrected chi connectivity index (χ1v) is 27.2. The molecule has 0 aliphatic rings. The Labute approximate surface area is 458 Å². The summed E-state index contributed by atoms with van der Waals surface area (Å²) in [6.07, 6.45) is 0. The Balaban J connectivity index is 1.18. The largest absolute Gasteiger partial charge is 0.455 e. The van der Waals surface area contributed by atoms with Gasteiger partial charge in [-0.25, -0.2) is 24.9 Å². The molecule has 4 aromatic heterocycles. The first kappa shape index (κ1) is 50.3. The highest BCUT2D eigenvalue weighted by molar-refractivity contribution is 6.24. The molecule has 78 heavy (non-hydrogen) atoms. The zero-order valence-electron chi connectivity index (χ0n) is 46.9. The van der Waals surface area contributed by atoms with Gasteiger partial charge in [0, 0.05) is 49.5 Å². The lowest BCUT2D eigenvalue weighted by Gasteiger charge is -2.26. The molecule has 0 bridgehead atoms. The molecule has 0 radical (unpaired) electrons. The molecule has 12 rings (SSSR count). The molecule has 0 aliphatic carbocycles. The highest BCUT2D eigenvalue weighted by Crippen LogP contribution is 2.44. The average molecular weight is 1020 g/mol. The van der Waals surface area contributed by atoms with Crippen LogP contribution < -0.4 is 0 Å². The van der Waals surface area contributed by atoms with Crippen LogP contribution in [-0.4, -0.2) is 29.5 Å². The lowest BCUT2D eigenvalue weighted by molar-refractivity contribution is 0.568. The zero-order chi connectivity index (χ0) is 54.5. The number of aromatic nitrogens is 6. The number of rotatable bonds is 7. The maximum Gasteiger partial charge on any atom is 0.164 e. The molecule has 7 nitrogen and oxygen atoms in total. The fourth-order valence-corrected chi connectivity index (χ4v) is 10.6. The predicted octanol–water partition coefficient (Wildman–Crippen LogP) is 18.9. The molecule has 7 heteroatoms. The molecule has 0 atom stereocenters. The lowest BCUT2D eigenvalue weighted by atomic mass is 9.79. The maximum atomic E-state index is 6.79. The van der Waals surface area contributed by atoms with Crippen molar-refractivity contribution >= 4 is 43.7 Å². The van der Waals surface area contributed by atoms with E-state index in [2.05, 4.69) is 239 Å². The van der Waals surface area contributed by atoms with Crippen molar-refractivity contribution in [2.24, 2.45) is 0 Å². The number of fused-ring (bicyclic) bond motifs is 7. The number of benzene rings is 8. The van der Waals surface area contributed by atoms with Gasteiger partial charge in [-0.1, -0.05) is 192 Å². The van der Waals surface area contributed by atoms with Gasteiger partial charge in [0.1, 0.15) is 11.2 Å². The van der Waals surface area contributed by atoms with Crippen molar-refractivity contribution in [3.63, 3.8) is 0 Å². The average Bonchev–Trinajstić information content (AvgIpc) is 4.07. The van der Waals surface area contributed by atoms with Crippen molar-refractivity contribution in [1.82, 2.24) is 29.5 Å². The number of hydrogen-bond acceptors (Lipinski definition) is 6. The zero-order valence-corrected chi connectivity index (χ0v) is 46.9. The Bertz CT molecular complexity index is 4070. The minimum atomic E-state index is -0.125. The van der Waals surface area contributed by atoms with Gasteiger partial charge in [-0.3, -0.25) is 0 Å². The molecule has 4 heterocycles. The second-order valence-electron chi connectivity index (χ2n) is 25.1. The van der Waals surface area contributed by atoms with Crippen LogP contribution in [0.15, 0.2) is 186 Å². The minimum absolute atomic E-state index is 0.125. The smallest absolute Gasteiger partial charge is 0.164 e. The first-order chi connectivity index (χ1) is 37.2. The van der Waals surface area contributed by atoms with E-state index in [1.807, 2.05) is 30.3 Å². The highest BCUT2D eigenvalue weighted by atomic mass is 16.3. The second kappa shape index (κ2) is 18.6. The Morgan fingerprint density at radius 3 is 1.37 bits per heavy atom. The van der Waals surface area contributed by atoms with Gasteiger partial charge < -0.3 is 8.98 Å². The molecule has 8 aromatic carbocycles. The summed E-state index contributed by atoms with van der Waals surface area (Å²) in [7, 11) is 0. The van der Waals surface area contributed by atoms with E-state index in [1.54, 1.807) is 0 Å². The van der Waals surface area contributed by atoms with E-state index in [0.29, 0.717) is 23.3 Å². The molecule has 0 aliphatic heterocycles. The van der Waals surface area contributed by atoms with Gasteiger partial charge in [-0.15, -0.1) is 0 Å². The summed E-state index contributed by atoms with van der Waals surface area (Å²) in [5.41, 5.74) is 16.2. The molecule has 0 unspecified atom stereocenters.